The molecule has 0 heterocycles. The van der Waals surface area contributed by atoms with Crippen molar-refractivity contribution in [2.24, 2.45) is 0 Å². The Hall–Kier alpha value is -1.04. The highest BCUT2D eigenvalue weighted by molar-refractivity contribution is 7.61. The minimum Gasteiger partial charge on any atom is -0.317 e. The summed E-state index contributed by atoms with van der Waals surface area (Å²) in [7, 11) is -1.79. The van der Waals surface area contributed by atoms with E-state index in [4.69, 9.17) is 0 Å². The van der Waals surface area contributed by atoms with Gasteiger partial charge in [-0.25, -0.2) is 0 Å². The molecule has 0 atom stereocenters. The highest BCUT2D eigenvalue weighted by Gasteiger charge is 2.03. The van der Waals surface area contributed by atoms with Crippen LogP contribution in [-0.4, -0.2) is 0 Å². The zero-order valence-electron chi connectivity index (χ0n) is 8.09. The number of rotatable bonds is 2. The molecule has 2 aromatic carbocycles. The summed E-state index contributed by atoms with van der Waals surface area (Å²) in [5.41, 5.74) is 0. The van der Waals surface area contributed by atoms with Crippen LogP contribution in [0.5, 0.6) is 0 Å². The van der Waals surface area contributed by atoms with Crippen molar-refractivity contribution in [3.63, 3.8) is 0 Å². The van der Waals surface area contributed by atoms with Crippen LogP contribution in [0.4, 0.5) is 0 Å². The van der Waals surface area contributed by atoms with Crippen LogP contribution >= 0.6 is 20.2 Å². The van der Waals surface area contributed by atoms with Gasteiger partial charge in [-0.1, -0.05) is 60.7 Å². The number of hydrogen-bond donors (Lipinski definition) is 0. The standard InChI is InChI=1S/C12H11OP.ClH/c13-14(11-7-3-1-4-8-11)12-9-5-2-6-10-12;/h1-10,14H;1H. The maximum atomic E-state index is 12.0. The fourth-order valence-electron chi connectivity index (χ4n) is 1.35. The second-order valence-electron chi connectivity index (χ2n) is 3.06. The zero-order chi connectivity index (χ0) is 9.80. The van der Waals surface area contributed by atoms with Crippen LogP contribution in [0.25, 0.3) is 0 Å². The molecule has 2 aromatic rings. The lowest BCUT2D eigenvalue weighted by Gasteiger charge is -2.01. The van der Waals surface area contributed by atoms with E-state index in [1.165, 1.54) is 0 Å². The van der Waals surface area contributed by atoms with Crippen LogP contribution < -0.4 is 10.6 Å². The first-order valence-electron chi connectivity index (χ1n) is 4.53. The molecule has 0 bridgehead atoms. The molecule has 0 radical (unpaired) electrons. The Morgan fingerprint density at radius 1 is 0.667 bits per heavy atom. The summed E-state index contributed by atoms with van der Waals surface area (Å²) in [5, 5.41) is 1.84. The lowest BCUT2D eigenvalue weighted by molar-refractivity contribution is 0.598. The van der Waals surface area contributed by atoms with E-state index in [0.29, 0.717) is 0 Å². The molecule has 0 saturated heterocycles. The van der Waals surface area contributed by atoms with Crippen LogP contribution in [0.3, 0.4) is 0 Å². The van der Waals surface area contributed by atoms with Gasteiger partial charge in [0.2, 0.25) is 0 Å². The van der Waals surface area contributed by atoms with Gasteiger partial charge in [0.25, 0.3) is 0 Å². The summed E-state index contributed by atoms with van der Waals surface area (Å²) >= 11 is 0. The molecular weight excluding hydrogens is 227 g/mol. The largest absolute Gasteiger partial charge is 0.317 e. The summed E-state index contributed by atoms with van der Waals surface area (Å²) in [4.78, 5) is 0. The van der Waals surface area contributed by atoms with Gasteiger partial charge in [-0.15, -0.1) is 12.4 Å². The van der Waals surface area contributed by atoms with Gasteiger partial charge in [-0.05, 0) is 0 Å². The predicted molar refractivity (Wildman–Crippen MR) is 68.4 cm³/mol. The van der Waals surface area contributed by atoms with E-state index in [1.807, 2.05) is 60.7 Å². The summed E-state index contributed by atoms with van der Waals surface area (Å²) < 4.78 is 12.0. The second-order valence-corrected chi connectivity index (χ2v) is 4.87. The molecule has 0 aliphatic heterocycles. The highest BCUT2D eigenvalue weighted by atomic mass is 35.5. The topological polar surface area (TPSA) is 17.1 Å². The first-order chi connectivity index (χ1) is 6.88. The predicted octanol–water partition coefficient (Wildman–Crippen LogP) is 2.62. The molecule has 0 amide bonds. The van der Waals surface area contributed by atoms with E-state index in [-0.39, 0.29) is 12.4 Å². The van der Waals surface area contributed by atoms with Crippen molar-refractivity contribution in [1.82, 2.24) is 0 Å². The van der Waals surface area contributed by atoms with Crippen molar-refractivity contribution in [1.29, 1.82) is 0 Å². The third-order valence-electron chi connectivity index (χ3n) is 2.07. The van der Waals surface area contributed by atoms with Gasteiger partial charge in [0.15, 0.2) is 0 Å². The fraction of sp³-hybridized carbons (Fsp3) is 0. The van der Waals surface area contributed by atoms with Crippen molar-refractivity contribution in [3.05, 3.63) is 60.7 Å². The minimum absolute atomic E-state index is 0. The first-order valence-corrected chi connectivity index (χ1v) is 5.93. The van der Waals surface area contributed by atoms with Crippen molar-refractivity contribution in [2.45, 2.75) is 0 Å². The molecule has 0 aliphatic rings. The Kier molecular flexibility index (Phi) is 4.61. The Morgan fingerprint density at radius 3 is 1.33 bits per heavy atom. The number of benzene rings is 2. The molecule has 0 N–H and O–H groups in total. The molecule has 1 nitrogen and oxygen atoms in total. The maximum absolute atomic E-state index is 12.0. The van der Waals surface area contributed by atoms with E-state index in [2.05, 4.69) is 0 Å². The van der Waals surface area contributed by atoms with Gasteiger partial charge in [-0.3, -0.25) is 0 Å². The average Bonchev–Trinajstić information content (AvgIpc) is 2.30. The van der Waals surface area contributed by atoms with Gasteiger partial charge < -0.3 is 4.57 Å². The van der Waals surface area contributed by atoms with E-state index in [9.17, 15) is 4.57 Å². The highest BCUT2D eigenvalue weighted by Crippen LogP contribution is 2.18. The van der Waals surface area contributed by atoms with Crippen molar-refractivity contribution >= 4 is 30.8 Å². The lowest BCUT2D eigenvalue weighted by Crippen LogP contribution is -2.04. The summed E-state index contributed by atoms with van der Waals surface area (Å²) in [6.07, 6.45) is 0. The molecule has 15 heavy (non-hydrogen) atoms. The van der Waals surface area contributed by atoms with Gasteiger partial charge >= 0.3 is 0 Å². The lowest BCUT2D eigenvalue weighted by atomic mass is 10.4. The quantitative estimate of drug-likeness (QED) is 0.735. The molecule has 3 heteroatoms. The normalized spacial score (nSPS) is 9.67. The van der Waals surface area contributed by atoms with Crippen LogP contribution in [-0.2, 0) is 4.57 Å². The average molecular weight is 239 g/mol. The molecule has 0 aromatic heterocycles. The van der Waals surface area contributed by atoms with E-state index >= 15 is 0 Å². The van der Waals surface area contributed by atoms with Gasteiger partial charge in [-0.2, -0.15) is 0 Å². The molecule has 0 spiro atoms. The number of hydrogen-bond acceptors (Lipinski definition) is 1. The van der Waals surface area contributed by atoms with E-state index < -0.39 is 7.80 Å². The molecule has 2 rings (SSSR count). The Morgan fingerprint density at radius 2 is 1.00 bits per heavy atom. The second kappa shape index (κ2) is 5.75. The SMILES string of the molecule is Cl.O=[PH](c1ccccc1)c1ccccc1. The summed E-state index contributed by atoms with van der Waals surface area (Å²) in [6.45, 7) is 0. The molecule has 0 fully saturated rings. The van der Waals surface area contributed by atoms with Gasteiger partial charge in [0, 0.05) is 10.6 Å². The Bertz CT molecular complexity index is 386. The summed E-state index contributed by atoms with van der Waals surface area (Å²) in [6, 6.07) is 19.2. The van der Waals surface area contributed by atoms with Gasteiger partial charge in [0.05, 0.1) is 0 Å². The van der Waals surface area contributed by atoms with Crippen LogP contribution in [0.15, 0.2) is 60.7 Å². The summed E-state index contributed by atoms with van der Waals surface area (Å²) in [5.74, 6) is 0. The molecule has 78 valence electrons. The Balaban J connectivity index is 0.00000112. The minimum atomic E-state index is -1.79. The molecular formula is C12H12ClOP. The molecule has 0 saturated carbocycles. The van der Waals surface area contributed by atoms with Crippen molar-refractivity contribution < 1.29 is 4.57 Å². The van der Waals surface area contributed by atoms with Crippen LogP contribution in [0.2, 0.25) is 0 Å². The van der Waals surface area contributed by atoms with Crippen LogP contribution in [0.1, 0.15) is 0 Å². The molecule has 0 unspecified atom stereocenters. The zero-order valence-corrected chi connectivity index (χ0v) is 9.91. The fourth-order valence-corrected chi connectivity index (χ4v) is 2.67. The smallest absolute Gasteiger partial charge is 0.131 e. The third-order valence-corrected chi connectivity index (χ3v) is 3.79. The van der Waals surface area contributed by atoms with Crippen molar-refractivity contribution in [3.8, 4) is 0 Å². The third kappa shape index (κ3) is 2.95. The van der Waals surface area contributed by atoms with Crippen LogP contribution in [0, 0.1) is 0 Å². The van der Waals surface area contributed by atoms with E-state index in [1.54, 1.807) is 0 Å². The Labute approximate surface area is 96.3 Å². The number of halogens is 1. The molecule has 0 aliphatic carbocycles. The van der Waals surface area contributed by atoms with Gasteiger partial charge in [0.1, 0.15) is 7.80 Å². The monoisotopic (exact) mass is 238 g/mol. The first kappa shape index (κ1) is 12.0. The van der Waals surface area contributed by atoms with Crippen molar-refractivity contribution in [2.75, 3.05) is 0 Å². The maximum Gasteiger partial charge on any atom is 0.131 e. The van der Waals surface area contributed by atoms with E-state index in [0.717, 1.165) is 10.6 Å².